The molecule has 4 nitrogen and oxygen atoms in total. The third-order valence-electron chi connectivity index (χ3n) is 5.14. The first-order chi connectivity index (χ1) is 16.6. The smallest absolute Gasteiger partial charge is 0.430 e. The molecule has 178 valence electrons. The summed E-state index contributed by atoms with van der Waals surface area (Å²) in [5.41, 5.74) is 6.93. The maximum atomic E-state index is 13.0. The lowest BCUT2D eigenvalue weighted by molar-refractivity contribution is -0.584. The third-order valence-corrected chi connectivity index (χ3v) is 5.14. The fourth-order valence-electron chi connectivity index (χ4n) is 3.27. The Bertz CT molecular complexity index is 1310. The van der Waals surface area contributed by atoms with Gasteiger partial charge in [-0.05, 0) is 32.0 Å². The average Bonchev–Trinajstić information content (AvgIpc) is 2.84. The minimum atomic E-state index is -5.19. The summed E-state index contributed by atoms with van der Waals surface area (Å²) in [6.45, 7) is 4.10. The van der Waals surface area contributed by atoms with E-state index < -0.39 is 12.1 Å². The molecular weight excluding hydrogens is 455 g/mol. The summed E-state index contributed by atoms with van der Waals surface area (Å²) in [5.74, 6) is -2.98. The Morgan fingerprint density at radius 3 is 1.71 bits per heavy atom. The van der Waals surface area contributed by atoms with Crippen LogP contribution < -0.4 is 9.67 Å². The lowest BCUT2D eigenvalue weighted by Gasteiger charge is -2.07. The number of halogens is 3. The van der Waals surface area contributed by atoms with E-state index in [1.807, 2.05) is 67.7 Å². The van der Waals surface area contributed by atoms with Crippen LogP contribution >= 0.6 is 0 Å². The van der Waals surface area contributed by atoms with Gasteiger partial charge in [0.2, 0.25) is 11.4 Å². The van der Waals surface area contributed by atoms with Crippen molar-refractivity contribution >= 4 is 11.8 Å². The largest absolute Gasteiger partial charge is 0.542 e. The summed E-state index contributed by atoms with van der Waals surface area (Å²) in [5, 5.41) is 8.78. The lowest BCUT2D eigenvalue weighted by atomic mass is 10.0. The minimum Gasteiger partial charge on any atom is -0.542 e. The zero-order valence-electron chi connectivity index (χ0n) is 19.0. The van der Waals surface area contributed by atoms with Crippen LogP contribution in [0.25, 0.3) is 16.9 Å². The van der Waals surface area contributed by atoms with Crippen molar-refractivity contribution in [2.75, 3.05) is 0 Å². The van der Waals surface area contributed by atoms with Gasteiger partial charge < -0.3 is 9.90 Å². The molecule has 0 N–H and O–H groups in total. The second-order valence-corrected chi connectivity index (χ2v) is 7.85. The Morgan fingerprint density at radius 1 is 0.714 bits per heavy atom. The number of hydrogen-bond acceptors (Lipinski definition) is 3. The molecule has 4 rings (SSSR count). The summed E-state index contributed by atoms with van der Waals surface area (Å²) >= 11 is 0. The number of aryl methyl sites for hydroxylation is 2. The predicted octanol–water partition coefficient (Wildman–Crippen LogP) is 4.78. The van der Waals surface area contributed by atoms with Crippen LogP contribution in [0.1, 0.15) is 27.0 Å². The molecule has 0 spiro atoms. The van der Waals surface area contributed by atoms with Crippen LogP contribution in [-0.4, -0.2) is 17.9 Å². The van der Waals surface area contributed by atoms with Crippen LogP contribution in [-0.2, 0) is 4.79 Å². The van der Waals surface area contributed by atoms with Crippen molar-refractivity contribution in [1.82, 2.24) is 0 Å². The van der Waals surface area contributed by atoms with Crippen LogP contribution in [0.4, 0.5) is 13.2 Å². The van der Waals surface area contributed by atoms with Gasteiger partial charge in [0.1, 0.15) is 5.97 Å². The molecule has 0 saturated heterocycles. The van der Waals surface area contributed by atoms with Gasteiger partial charge in [0, 0.05) is 29.3 Å². The number of pyridine rings is 1. The maximum absolute atomic E-state index is 13.0. The molecule has 0 radical (unpaired) electrons. The van der Waals surface area contributed by atoms with Crippen LogP contribution in [0.2, 0.25) is 0 Å². The molecule has 0 fully saturated rings. The van der Waals surface area contributed by atoms with Gasteiger partial charge >= 0.3 is 6.18 Å². The number of carboxylic acids is 1. The van der Waals surface area contributed by atoms with Gasteiger partial charge in [-0.25, -0.2) is 0 Å². The van der Waals surface area contributed by atoms with E-state index in [2.05, 4.69) is 47.9 Å². The number of carbonyl (C=O) groups excluding carboxylic acids is 2. The number of ketones is 1. The molecule has 4 aromatic rings. The van der Waals surface area contributed by atoms with E-state index in [-0.39, 0.29) is 5.78 Å². The normalized spacial score (nSPS) is 10.8. The van der Waals surface area contributed by atoms with Gasteiger partial charge in [-0.1, -0.05) is 65.7 Å². The number of benzene rings is 3. The topological polar surface area (TPSA) is 61.1 Å². The van der Waals surface area contributed by atoms with E-state index in [0.717, 1.165) is 22.5 Å². The summed E-state index contributed by atoms with van der Waals surface area (Å²) in [4.78, 5) is 21.8. The predicted molar refractivity (Wildman–Crippen MR) is 124 cm³/mol. The number of alkyl halides is 3. The SMILES string of the molecule is Cc1ccc(C(=O)c2ccc(-c3ccc(C)cc3)[n+](-c3ccccc3)c2)cc1.O=C([O-])C(F)(F)F. The van der Waals surface area contributed by atoms with Crippen molar-refractivity contribution in [3.05, 3.63) is 119 Å². The second-order valence-electron chi connectivity index (χ2n) is 7.85. The number of rotatable bonds is 4. The monoisotopic (exact) mass is 477 g/mol. The van der Waals surface area contributed by atoms with Crippen molar-refractivity contribution in [3.8, 4) is 16.9 Å². The van der Waals surface area contributed by atoms with Crippen molar-refractivity contribution < 1.29 is 32.4 Å². The number of nitrogens with zero attached hydrogens (tertiary/aromatic N) is 1. The molecule has 1 heterocycles. The molecular formula is C28H22F3NO3. The third kappa shape index (κ3) is 6.63. The molecule has 7 heteroatoms. The molecule has 35 heavy (non-hydrogen) atoms. The van der Waals surface area contributed by atoms with Crippen LogP contribution in [0.15, 0.2) is 97.2 Å². The Morgan fingerprint density at radius 2 is 1.20 bits per heavy atom. The lowest BCUT2D eigenvalue weighted by Crippen LogP contribution is -2.37. The van der Waals surface area contributed by atoms with E-state index in [9.17, 15) is 18.0 Å². The van der Waals surface area contributed by atoms with Gasteiger partial charge in [0.05, 0.1) is 5.56 Å². The second kappa shape index (κ2) is 10.8. The van der Waals surface area contributed by atoms with Crippen LogP contribution in [0.5, 0.6) is 0 Å². The highest BCUT2D eigenvalue weighted by Crippen LogP contribution is 2.20. The highest BCUT2D eigenvalue weighted by molar-refractivity contribution is 6.08. The van der Waals surface area contributed by atoms with Crippen molar-refractivity contribution in [1.29, 1.82) is 0 Å². The highest BCUT2D eigenvalue weighted by Gasteiger charge is 2.28. The van der Waals surface area contributed by atoms with E-state index >= 15 is 0 Å². The number of carboxylic acid groups (broad SMARTS) is 1. The average molecular weight is 477 g/mol. The molecule has 0 aliphatic carbocycles. The summed E-state index contributed by atoms with van der Waals surface area (Å²) < 4.78 is 33.6. The Hall–Kier alpha value is -4.26. The minimum absolute atomic E-state index is 0.0279. The first kappa shape index (κ1) is 25.4. The molecule has 3 aromatic carbocycles. The molecule has 1 aromatic heterocycles. The first-order valence-electron chi connectivity index (χ1n) is 10.6. The van der Waals surface area contributed by atoms with Crippen molar-refractivity contribution in [2.24, 2.45) is 0 Å². The zero-order chi connectivity index (χ0) is 25.6. The summed E-state index contributed by atoms with van der Waals surface area (Å²) in [6.07, 6.45) is -3.26. The number of aromatic nitrogens is 1. The number of para-hydroxylation sites is 1. The Labute approximate surface area is 200 Å². The zero-order valence-corrected chi connectivity index (χ0v) is 19.0. The van der Waals surface area contributed by atoms with Gasteiger partial charge in [0.15, 0.2) is 12.0 Å². The highest BCUT2D eigenvalue weighted by atomic mass is 19.4. The molecule has 0 aliphatic heterocycles. The summed E-state index contributed by atoms with van der Waals surface area (Å²) in [7, 11) is 0. The fourth-order valence-corrected chi connectivity index (χ4v) is 3.27. The molecule has 0 saturated carbocycles. The number of aliphatic carboxylic acids is 1. The van der Waals surface area contributed by atoms with Crippen LogP contribution in [0, 0.1) is 13.8 Å². The number of carbonyl (C=O) groups is 2. The van der Waals surface area contributed by atoms with E-state index in [4.69, 9.17) is 9.90 Å². The Balaban J connectivity index is 0.000000429. The molecule has 0 amide bonds. The first-order valence-corrected chi connectivity index (χ1v) is 10.6. The standard InChI is InChI=1S/C26H22NO.C2HF3O2/c1-19-8-12-21(13-9-19)25-17-16-23(18-27(25)24-6-4-3-5-7-24)26(28)22-14-10-20(2)11-15-22;3-2(4,5)1(6)7/h3-18H,1-2H3;(H,6,7)/q+1;/p-1. The van der Waals surface area contributed by atoms with E-state index in [1.54, 1.807) is 0 Å². The molecule has 0 bridgehead atoms. The van der Waals surface area contributed by atoms with E-state index in [1.165, 1.54) is 5.56 Å². The Kier molecular flexibility index (Phi) is 7.81. The van der Waals surface area contributed by atoms with Crippen molar-refractivity contribution in [3.63, 3.8) is 0 Å². The molecule has 0 aliphatic rings. The number of hydrogen-bond donors (Lipinski definition) is 0. The van der Waals surface area contributed by atoms with Gasteiger partial charge in [-0.2, -0.15) is 17.7 Å². The van der Waals surface area contributed by atoms with Gasteiger partial charge in [-0.3, -0.25) is 4.79 Å². The fraction of sp³-hybridized carbons (Fsp3) is 0.107. The van der Waals surface area contributed by atoms with Crippen molar-refractivity contribution in [2.45, 2.75) is 20.0 Å². The van der Waals surface area contributed by atoms with E-state index in [0.29, 0.717) is 11.1 Å². The van der Waals surface area contributed by atoms with Gasteiger partial charge in [-0.15, -0.1) is 0 Å². The quantitative estimate of drug-likeness (QED) is 0.314. The van der Waals surface area contributed by atoms with Crippen LogP contribution in [0.3, 0.4) is 0 Å². The molecule has 0 unspecified atom stereocenters. The molecule has 0 atom stereocenters. The van der Waals surface area contributed by atoms with Gasteiger partial charge in [0.25, 0.3) is 0 Å². The summed E-state index contributed by atoms with van der Waals surface area (Å²) in [6, 6.07) is 30.2. The maximum Gasteiger partial charge on any atom is 0.430 e.